The summed E-state index contributed by atoms with van der Waals surface area (Å²) in [5, 5.41) is 4.88. The Balaban J connectivity index is 2.02. The van der Waals surface area contributed by atoms with Gasteiger partial charge in [0, 0.05) is 42.3 Å². The molecule has 1 aliphatic rings. The summed E-state index contributed by atoms with van der Waals surface area (Å²) in [6, 6.07) is 5.62. The van der Waals surface area contributed by atoms with Crippen LogP contribution in [0.1, 0.15) is 12.0 Å². The zero-order valence-corrected chi connectivity index (χ0v) is 13.5. The zero-order chi connectivity index (χ0) is 17.2. The number of hydrogen-bond donors (Lipinski definition) is 1. The summed E-state index contributed by atoms with van der Waals surface area (Å²) in [5.74, 6) is 0.0303. The van der Waals surface area contributed by atoms with E-state index in [0.29, 0.717) is 5.39 Å². The molecule has 0 aliphatic carbocycles. The second-order valence-electron chi connectivity index (χ2n) is 5.94. The number of anilines is 1. The number of fused-ring (bicyclic) bond motifs is 1. The summed E-state index contributed by atoms with van der Waals surface area (Å²) in [6.45, 7) is 4.21. The minimum atomic E-state index is -4.38. The quantitative estimate of drug-likeness (QED) is 0.931. The van der Waals surface area contributed by atoms with Crippen molar-refractivity contribution in [1.82, 2.24) is 10.3 Å². The van der Waals surface area contributed by atoms with Crippen molar-refractivity contribution in [2.75, 3.05) is 37.7 Å². The van der Waals surface area contributed by atoms with Gasteiger partial charge < -0.3 is 15.0 Å². The van der Waals surface area contributed by atoms with Crippen LogP contribution in [0.5, 0.6) is 5.88 Å². The molecule has 1 saturated heterocycles. The highest BCUT2D eigenvalue weighted by Gasteiger charge is 2.29. The second kappa shape index (κ2) is 6.84. The first-order valence-electron chi connectivity index (χ1n) is 7.99. The molecular formula is C17H20F3N3O. The number of aryl methyl sites for hydroxylation is 1. The molecule has 0 saturated carbocycles. The Morgan fingerprint density at radius 1 is 1.25 bits per heavy atom. The molecule has 0 atom stereocenters. The average molecular weight is 339 g/mol. The molecule has 1 N–H and O–H groups in total. The Morgan fingerprint density at radius 3 is 2.88 bits per heavy atom. The zero-order valence-electron chi connectivity index (χ0n) is 13.5. The molecule has 1 aliphatic heterocycles. The van der Waals surface area contributed by atoms with E-state index in [1.54, 1.807) is 12.3 Å². The van der Waals surface area contributed by atoms with Crippen LogP contribution in [0.4, 0.5) is 18.9 Å². The molecule has 1 aromatic carbocycles. The molecule has 1 fully saturated rings. The van der Waals surface area contributed by atoms with E-state index in [1.165, 1.54) is 0 Å². The molecule has 0 radical (unpaired) electrons. The van der Waals surface area contributed by atoms with Gasteiger partial charge in [-0.05, 0) is 37.6 Å². The number of benzene rings is 1. The Bertz CT molecular complexity index is 710. The van der Waals surface area contributed by atoms with Crippen LogP contribution < -0.4 is 15.0 Å². The molecular weight excluding hydrogens is 319 g/mol. The predicted molar refractivity (Wildman–Crippen MR) is 87.7 cm³/mol. The highest BCUT2D eigenvalue weighted by molar-refractivity contribution is 5.99. The van der Waals surface area contributed by atoms with Gasteiger partial charge in [0.25, 0.3) is 0 Å². The number of rotatable bonds is 3. The summed E-state index contributed by atoms with van der Waals surface area (Å²) >= 11 is 0. The largest absolute Gasteiger partial charge is 0.468 e. The van der Waals surface area contributed by atoms with E-state index in [1.807, 2.05) is 19.1 Å². The SMILES string of the molecule is Cc1cnc(OCC(F)(F)F)c2cccc(N3CCCNCC3)c12. The number of ether oxygens (including phenoxy) is 1. The van der Waals surface area contributed by atoms with Crippen molar-refractivity contribution >= 4 is 16.5 Å². The number of pyridine rings is 1. The maximum atomic E-state index is 12.5. The lowest BCUT2D eigenvalue weighted by Gasteiger charge is -2.25. The molecule has 0 unspecified atom stereocenters. The molecule has 4 nitrogen and oxygen atoms in total. The molecule has 1 aromatic heterocycles. The van der Waals surface area contributed by atoms with Crippen molar-refractivity contribution in [3.63, 3.8) is 0 Å². The molecule has 7 heteroatoms. The fraction of sp³-hybridized carbons (Fsp3) is 0.471. The summed E-state index contributed by atoms with van der Waals surface area (Å²) in [4.78, 5) is 6.33. The van der Waals surface area contributed by atoms with Crippen molar-refractivity contribution in [2.24, 2.45) is 0 Å². The van der Waals surface area contributed by atoms with Crippen LogP contribution in [-0.2, 0) is 0 Å². The Hall–Kier alpha value is -2.02. The van der Waals surface area contributed by atoms with Gasteiger partial charge in [0.1, 0.15) is 0 Å². The van der Waals surface area contributed by atoms with Crippen LogP contribution >= 0.6 is 0 Å². The van der Waals surface area contributed by atoms with Gasteiger partial charge >= 0.3 is 6.18 Å². The lowest BCUT2D eigenvalue weighted by Crippen LogP contribution is -2.28. The second-order valence-corrected chi connectivity index (χ2v) is 5.94. The first-order chi connectivity index (χ1) is 11.5. The standard InChI is InChI=1S/C17H20F3N3O/c1-12-10-22-16(24-11-17(18,19)20)13-4-2-5-14(15(12)13)23-8-3-6-21-7-9-23/h2,4-5,10,21H,3,6-9,11H2,1H3. The minimum absolute atomic E-state index is 0.0303. The van der Waals surface area contributed by atoms with Gasteiger partial charge in [0.2, 0.25) is 5.88 Å². The molecule has 0 bridgehead atoms. The van der Waals surface area contributed by atoms with Crippen LogP contribution in [-0.4, -0.2) is 43.9 Å². The summed E-state index contributed by atoms with van der Waals surface area (Å²) in [5.41, 5.74) is 1.95. The number of hydrogen-bond acceptors (Lipinski definition) is 4. The maximum absolute atomic E-state index is 12.5. The van der Waals surface area contributed by atoms with E-state index in [2.05, 4.69) is 15.2 Å². The molecule has 130 valence electrons. The fourth-order valence-corrected chi connectivity index (χ4v) is 3.04. The van der Waals surface area contributed by atoms with Gasteiger partial charge in [-0.1, -0.05) is 6.07 Å². The number of aromatic nitrogens is 1. The van der Waals surface area contributed by atoms with Crippen molar-refractivity contribution in [3.8, 4) is 5.88 Å². The monoisotopic (exact) mass is 339 g/mol. The van der Waals surface area contributed by atoms with Crippen LogP contribution in [0.3, 0.4) is 0 Å². The van der Waals surface area contributed by atoms with E-state index in [0.717, 1.165) is 49.2 Å². The van der Waals surface area contributed by atoms with Crippen LogP contribution in [0, 0.1) is 6.92 Å². The van der Waals surface area contributed by atoms with Gasteiger partial charge in [-0.15, -0.1) is 0 Å². The van der Waals surface area contributed by atoms with E-state index in [-0.39, 0.29) is 5.88 Å². The third-order valence-electron chi connectivity index (χ3n) is 4.10. The minimum Gasteiger partial charge on any atom is -0.468 e. The van der Waals surface area contributed by atoms with Crippen molar-refractivity contribution in [2.45, 2.75) is 19.5 Å². The van der Waals surface area contributed by atoms with E-state index in [4.69, 9.17) is 4.74 Å². The van der Waals surface area contributed by atoms with E-state index in [9.17, 15) is 13.2 Å². The number of halogens is 3. The topological polar surface area (TPSA) is 37.4 Å². The number of nitrogens with one attached hydrogen (secondary N) is 1. The molecule has 24 heavy (non-hydrogen) atoms. The van der Waals surface area contributed by atoms with E-state index >= 15 is 0 Å². The Morgan fingerprint density at radius 2 is 2.08 bits per heavy atom. The maximum Gasteiger partial charge on any atom is 0.422 e. The van der Waals surface area contributed by atoms with Gasteiger partial charge in [0.15, 0.2) is 6.61 Å². The lowest BCUT2D eigenvalue weighted by atomic mass is 10.1. The highest BCUT2D eigenvalue weighted by Crippen LogP contribution is 2.34. The van der Waals surface area contributed by atoms with Crippen molar-refractivity contribution in [1.29, 1.82) is 0 Å². The molecule has 3 rings (SSSR count). The molecule has 0 spiro atoms. The third kappa shape index (κ3) is 3.72. The Labute approximate surface area is 138 Å². The van der Waals surface area contributed by atoms with Gasteiger partial charge in [-0.25, -0.2) is 4.98 Å². The molecule has 2 heterocycles. The van der Waals surface area contributed by atoms with Crippen molar-refractivity contribution in [3.05, 3.63) is 30.0 Å². The van der Waals surface area contributed by atoms with Gasteiger partial charge in [-0.3, -0.25) is 0 Å². The lowest BCUT2D eigenvalue weighted by molar-refractivity contribution is -0.153. The average Bonchev–Trinajstić information content (AvgIpc) is 2.82. The summed E-state index contributed by atoms with van der Waals surface area (Å²) in [7, 11) is 0. The number of nitrogens with zero attached hydrogens (tertiary/aromatic N) is 2. The third-order valence-corrected chi connectivity index (χ3v) is 4.10. The Kier molecular flexibility index (Phi) is 4.80. The number of alkyl halides is 3. The first-order valence-corrected chi connectivity index (χ1v) is 7.99. The normalized spacial score (nSPS) is 16.2. The van der Waals surface area contributed by atoms with Gasteiger partial charge in [-0.2, -0.15) is 13.2 Å². The fourth-order valence-electron chi connectivity index (χ4n) is 3.04. The summed E-state index contributed by atoms with van der Waals surface area (Å²) < 4.78 is 42.3. The van der Waals surface area contributed by atoms with Crippen LogP contribution in [0.25, 0.3) is 10.8 Å². The summed E-state index contributed by atoms with van der Waals surface area (Å²) in [6.07, 6.45) is -1.78. The van der Waals surface area contributed by atoms with Crippen LogP contribution in [0.2, 0.25) is 0 Å². The molecule has 2 aromatic rings. The first kappa shape index (κ1) is 16.8. The van der Waals surface area contributed by atoms with Crippen LogP contribution in [0.15, 0.2) is 24.4 Å². The smallest absolute Gasteiger partial charge is 0.422 e. The predicted octanol–water partition coefficient (Wildman–Crippen LogP) is 3.28. The van der Waals surface area contributed by atoms with Gasteiger partial charge in [0.05, 0.1) is 0 Å². The molecule has 0 amide bonds. The van der Waals surface area contributed by atoms with E-state index < -0.39 is 12.8 Å². The highest BCUT2D eigenvalue weighted by atomic mass is 19.4. The van der Waals surface area contributed by atoms with Crippen molar-refractivity contribution < 1.29 is 17.9 Å².